The van der Waals surface area contributed by atoms with Crippen LogP contribution in [0.25, 0.3) is 0 Å². The molecule has 1 aliphatic carbocycles. The minimum Gasteiger partial charge on any atom is -0.314 e. The fraction of sp³-hybridized carbons (Fsp3) is 0.625. The van der Waals surface area contributed by atoms with Gasteiger partial charge in [-0.25, -0.2) is 4.39 Å². The molecule has 1 aliphatic heterocycles. The highest BCUT2D eigenvalue weighted by atomic mass is 79.9. The number of nitrogens with zero attached hydrogens (tertiary/aromatic N) is 1. The molecular formula is C16H22BrFN2. The van der Waals surface area contributed by atoms with Crippen LogP contribution >= 0.6 is 15.9 Å². The molecule has 4 heteroatoms. The van der Waals surface area contributed by atoms with Gasteiger partial charge >= 0.3 is 0 Å². The molecule has 2 aliphatic rings. The molecule has 1 saturated carbocycles. The minimum atomic E-state index is -0.0522. The molecule has 0 bridgehead atoms. The quantitative estimate of drug-likeness (QED) is 0.901. The van der Waals surface area contributed by atoms with Crippen molar-refractivity contribution in [1.82, 2.24) is 10.2 Å². The average Bonchev–Trinajstić information content (AvgIpc) is 2.98. The lowest BCUT2D eigenvalue weighted by molar-refractivity contribution is 0.122. The molecule has 2 fully saturated rings. The lowest BCUT2D eigenvalue weighted by atomic mass is 9.89. The standard InChI is InChI=1S/C16H22BrFN2/c17-13-5-6-15(18)14(11-13)16(12-3-1-2-4-12)20-9-7-19-8-10-20/h5-6,11-12,16,19H,1-4,7-10H2/t16-/m0/s1. The van der Waals surface area contributed by atoms with Crippen LogP contribution in [0.1, 0.15) is 37.3 Å². The molecule has 1 atom stereocenters. The zero-order valence-electron chi connectivity index (χ0n) is 11.7. The predicted octanol–water partition coefficient (Wildman–Crippen LogP) is 3.72. The van der Waals surface area contributed by atoms with Gasteiger partial charge in [-0.1, -0.05) is 28.8 Å². The first-order valence-electron chi connectivity index (χ1n) is 7.65. The van der Waals surface area contributed by atoms with Crippen molar-refractivity contribution in [2.24, 2.45) is 5.92 Å². The highest BCUT2D eigenvalue weighted by molar-refractivity contribution is 9.10. The third kappa shape index (κ3) is 3.07. The Kier molecular flexibility index (Phi) is 4.74. The van der Waals surface area contributed by atoms with E-state index in [0.29, 0.717) is 5.92 Å². The first kappa shape index (κ1) is 14.5. The van der Waals surface area contributed by atoms with Crippen LogP contribution in [0.3, 0.4) is 0 Å². The number of nitrogens with one attached hydrogen (secondary N) is 1. The third-order valence-electron chi connectivity index (χ3n) is 4.67. The summed E-state index contributed by atoms with van der Waals surface area (Å²) in [5.74, 6) is 0.556. The van der Waals surface area contributed by atoms with E-state index in [1.807, 2.05) is 6.07 Å². The Morgan fingerprint density at radius 1 is 1.20 bits per heavy atom. The van der Waals surface area contributed by atoms with Crippen LogP contribution in [-0.4, -0.2) is 31.1 Å². The maximum atomic E-state index is 14.4. The first-order chi connectivity index (χ1) is 9.75. The lowest BCUT2D eigenvalue weighted by Crippen LogP contribution is -2.46. The average molecular weight is 341 g/mol. The Labute approximate surface area is 128 Å². The van der Waals surface area contributed by atoms with E-state index >= 15 is 0 Å². The summed E-state index contributed by atoms with van der Waals surface area (Å²) >= 11 is 3.50. The fourth-order valence-corrected chi connectivity index (χ4v) is 4.10. The van der Waals surface area contributed by atoms with Gasteiger partial charge in [-0.3, -0.25) is 4.90 Å². The Morgan fingerprint density at radius 3 is 2.60 bits per heavy atom. The molecule has 2 nitrogen and oxygen atoms in total. The Balaban J connectivity index is 1.92. The maximum absolute atomic E-state index is 14.4. The first-order valence-corrected chi connectivity index (χ1v) is 8.45. The monoisotopic (exact) mass is 340 g/mol. The summed E-state index contributed by atoms with van der Waals surface area (Å²) in [4.78, 5) is 2.48. The number of benzene rings is 1. The van der Waals surface area contributed by atoms with E-state index in [2.05, 4.69) is 26.1 Å². The third-order valence-corrected chi connectivity index (χ3v) is 5.16. The van der Waals surface area contributed by atoms with Gasteiger partial charge in [0.05, 0.1) is 0 Å². The smallest absolute Gasteiger partial charge is 0.128 e. The van der Waals surface area contributed by atoms with E-state index in [-0.39, 0.29) is 11.9 Å². The topological polar surface area (TPSA) is 15.3 Å². The second-order valence-corrected chi connectivity index (χ2v) is 6.86. The molecule has 0 amide bonds. The lowest BCUT2D eigenvalue weighted by Gasteiger charge is -2.38. The van der Waals surface area contributed by atoms with E-state index < -0.39 is 0 Å². The van der Waals surface area contributed by atoms with Gasteiger partial charge in [0.25, 0.3) is 0 Å². The molecule has 1 heterocycles. The van der Waals surface area contributed by atoms with Gasteiger partial charge in [0, 0.05) is 42.3 Å². The molecule has 3 rings (SSSR count). The summed E-state index contributed by atoms with van der Waals surface area (Å²) in [6, 6.07) is 5.63. The number of piperazine rings is 1. The Hall–Kier alpha value is -0.450. The van der Waals surface area contributed by atoms with Gasteiger partial charge in [-0.05, 0) is 37.0 Å². The molecule has 0 radical (unpaired) electrons. The van der Waals surface area contributed by atoms with Crippen LogP contribution in [0.15, 0.2) is 22.7 Å². The van der Waals surface area contributed by atoms with Gasteiger partial charge in [-0.2, -0.15) is 0 Å². The van der Waals surface area contributed by atoms with E-state index in [0.717, 1.165) is 36.2 Å². The SMILES string of the molecule is Fc1ccc(Br)cc1[C@H](C1CCCC1)N1CCNCC1. The molecule has 0 unspecified atom stereocenters. The van der Waals surface area contributed by atoms with Crippen LogP contribution < -0.4 is 5.32 Å². The van der Waals surface area contributed by atoms with Crippen molar-refractivity contribution < 1.29 is 4.39 Å². The molecule has 0 spiro atoms. The van der Waals surface area contributed by atoms with Crippen LogP contribution in [0.4, 0.5) is 4.39 Å². The summed E-state index contributed by atoms with van der Waals surface area (Å²) in [6.07, 6.45) is 5.06. The zero-order valence-corrected chi connectivity index (χ0v) is 13.3. The summed E-state index contributed by atoms with van der Waals surface area (Å²) in [7, 11) is 0. The second kappa shape index (κ2) is 6.54. The van der Waals surface area contributed by atoms with Crippen molar-refractivity contribution >= 4 is 15.9 Å². The van der Waals surface area contributed by atoms with Gasteiger partial charge < -0.3 is 5.32 Å². The number of halogens is 2. The van der Waals surface area contributed by atoms with Crippen molar-refractivity contribution in [2.45, 2.75) is 31.7 Å². The van der Waals surface area contributed by atoms with Gasteiger partial charge in [0.2, 0.25) is 0 Å². The largest absolute Gasteiger partial charge is 0.314 e. The number of rotatable bonds is 3. The van der Waals surface area contributed by atoms with Crippen molar-refractivity contribution in [3.05, 3.63) is 34.1 Å². The highest BCUT2D eigenvalue weighted by Gasteiger charge is 2.33. The van der Waals surface area contributed by atoms with Crippen LogP contribution in [0, 0.1) is 11.7 Å². The highest BCUT2D eigenvalue weighted by Crippen LogP contribution is 2.41. The van der Waals surface area contributed by atoms with Crippen LogP contribution in [0.5, 0.6) is 0 Å². The van der Waals surface area contributed by atoms with Crippen LogP contribution in [0.2, 0.25) is 0 Å². The normalized spacial score (nSPS) is 23.1. The summed E-state index contributed by atoms with van der Waals surface area (Å²) in [5, 5.41) is 3.39. The summed E-state index contributed by atoms with van der Waals surface area (Å²) in [6.45, 7) is 4.07. The van der Waals surface area contributed by atoms with Gasteiger partial charge in [0.15, 0.2) is 0 Å². The summed E-state index contributed by atoms with van der Waals surface area (Å²) < 4.78 is 15.3. The Bertz CT molecular complexity index is 454. The van der Waals surface area contributed by atoms with Crippen molar-refractivity contribution in [3.63, 3.8) is 0 Å². The maximum Gasteiger partial charge on any atom is 0.128 e. The number of hydrogen-bond acceptors (Lipinski definition) is 2. The molecule has 0 aromatic heterocycles. The second-order valence-electron chi connectivity index (χ2n) is 5.94. The van der Waals surface area contributed by atoms with Gasteiger partial charge in [-0.15, -0.1) is 0 Å². The molecule has 1 saturated heterocycles. The van der Waals surface area contributed by atoms with Crippen molar-refractivity contribution in [2.75, 3.05) is 26.2 Å². The minimum absolute atomic E-state index is 0.0522. The van der Waals surface area contributed by atoms with Gasteiger partial charge in [0.1, 0.15) is 5.82 Å². The molecule has 1 aromatic carbocycles. The van der Waals surface area contributed by atoms with Crippen molar-refractivity contribution in [1.29, 1.82) is 0 Å². The summed E-state index contributed by atoms with van der Waals surface area (Å²) in [5.41, 5.74) is 0.883. The molecule has 1 N–H and O–H groups in total. The van der Waals surface area contributed by atoms with E-state index in [4.69, 9.17) is 0 Å². The Morgan fingerprint density at radius 2 is 1.90 bits per heavy atom. The molecular weight excluding hydrogens is 319 g/mol. The van der Waals surface area contributed by atoms with E-state index in [9.17, 15) is 4.39 Å². The number of hydrogen-bond donors (Lipinski definition) is 1. The zero-order chi connectivity index (χ0) is 13.9. The molecule has 20 heavy (non-hydrogen) atoms. The van der Waals surface area contributed by atoms with Crippen LogP contribution in [-0.2, 0) is 0 Å². The molecule has 1 aromatic rings. The van der Waals surface area contributed by atoms with E-state index in [1.165, 1.54) is 25.7 Å². The fourth-order valence-electron chi connectivity index (χ4n) is 3.72. The van der Waals surface area contributed by atoms with Crippen molar-refractivity contribution in [3.8, 4) is 0 Å². The predicted molar refractivity (Wildman–Crippen MR) is 83.2 cm³/mol. The van der Waals surface area contributed by atoms with E-state index in [1.54, 1.807) is 12.1 Å². The molecule has 110 valence electrons.